The Bertz CT molecular complexity index is 809. The van der Waals surface area contributed by atoms with Crippen LogP contribution < -0.4 is 5.32 Å². The van der Waals surface area contributed by atoms with Crippen molar-refractivity contribution in [2.75, 3.05) is 19.6 Å². The number of hydrogen-bond donors (Lipinski definition) is 1. The second-order valence-corrected chi connectivity index (χ2v) is 5.36. The van der Waals surface area contributed by atoms with E-state index in [-0.39, 0.29) is 31.0 Å². The van der Waals surface area contributed by atoms with Crippen LogP contribution in [0.3, 0.4) is 0 Å². The molecule has 0 bridgehead atoms. The number of urea groups is 1. The monoisotopic (exact) mass is 341 g/mol. The molecule has 1 aromatic carbocycles. The normalized spacial score (nSPS) is 13.9. The molecule has 3 rings (SSSR count). The lowest BCUT2D eigenvalue weighted by Gasteiger charge is -2.26. The van der Waals surface area contributed by atoms with E-state index in [1.807, 2.05) is 6.07 Å². The van der Waals surface area contributed by atoms with Crippen molar-refractivity contribution in [1.82, 2.24) is 20.4 Å². The van der Waals surface area contributed by atoms with E-state index >= 15 is 0 Å². The molecule has 1 N–H and O–H groups in total. The van der Waals surface area contributed by atoms with E-state index in [1.165, 1.54) is 4.90 Å². The number of amides is 2. The third kappa shape index (κ3) is 4.11. The first-order valence-electron chi connectivity index (χ1n) is 7.67. The summed E-state index contributed by atoms with van der Waals surface area (Å²) in [5.74, 6) is -0.128. The summed E-state index contributed by atoms with van der Waals surface area (Å²) in [6.07, 6.45) is 0.788. The van der Waals surface area contributed by atoms with Gasteiger partial charge in [-0.15, -0.1) is 10.2 Å². The molecule has 2 heterocycles. The molecule has 1 aliphatic rings. The van der Waals surface area contributed by atoms with E-state index < -0.39 is 5.97 Å². The zero-order valence-corrected chi connectivity index (χ0v) is 13.3. The van der Waals surface area contributed by atoms with Gasteiger partial charge in [0.25, 0.3) is 5.89 Å². The molecule has 0 spiro atoms. The maximum absolute atomic E-state index is 11.8. The molecular formula is C16H15N5O4. The number of ether oxygens (including phenoxy) is 1. The number of carbonyl (C=O) groups excluding carboxylic acids is 2. The number of nitriles is 1. The van der Waals surface area contributed by atoms with Crippen molar-refractivity contribution in [3.63, 3.8) is 0 Å². The molecule has 2 aromatic rings. The molecule has 1 aromatic heterocycles. The number of nitrogens with zero attached hydrogens (tertiary/aromatic N) is 4. The summed E-state index contributed by atoms with van der Waals surface area (Å²) in [7, 11) is 0. The molecule has 1 saturated heterocycles. The third-order valence-electron chi connectivity index (χ3n) is 3.57. The molecule has 9 heteroatoms. The molecule has 0 unspecified atom stereocenters. The molecule has 2 amide bonds. The second kappa shape index (κ2) is 7.44. The van der Waals surface area contributed by atoms with Crippen molar-refractivity contribution in [2.45, 2.75) is 13.0 Å². The quantitative estimate of drug-likeness (QED) is 0.807. The Hall–Kier alpha value is -3.41. The van der Waals surface area contributed by atoms with E-state index in [4.69, 9.17) is 14.4 Å². The van der Waals surface area contributed by atoms with Gasteiger partial charge in [-0.2, -0.15) is 5.26 Å². The van der Waals surface area contributed by atoms with Crippen LogP contribution in [0.25, 0.3) is 11.5 Å². The molecule has 0 radical (unpaired) electrons. The maximum atomic E-state index is 11.8. The lowest BCUT2D eigenvalue weighted by atomic mass is 10.1. The number of carbonyl (C=O) groups is 2. The average Bonchev–Trinajstić information content (AvgIpc) is 3.11. The Balaban J connectivity index is 1.53. The number of benzene rings is 1. The van der Waals surface area contributed by atoms with Crippen molar-refractivity contribution in [3.05, 3.63) is 35.7 Å². The van der Waals surface area contributed by atoms with Gasteiger partial charge in [-0.05, 0) is 30.7 Å². The van der Waals surface area contributed by atoms with E-state index in [9.17, 15) is 9.59 Å². The second-order valence-electron chi connectivity index (χ2n) is 5.36. The van der Waals surface area contributed by atoms with Gasteiger partial charge in [0, 0.05) is 18.7 Å². The van der Waals surface area contributed by atoms with E-state index in [0.717, 1.165) is 6.42 Å². The highest BCUT2D eigenvalue weighted by molar-refractivity contribution is 5.81. The van der Waals surface area contributed by atoms with Gasteiger partial charge in [0.05, 0.1) is 11.6 Å². The van der Waals surface area contributed by atoms with Gasteiger partial charge in [-0.25, -0.2) is 4.79 Å². The van der Waals surface area contributed by atoms with Crippen molar-refractivity contribution >= 4 is 12.0 Å². The minimum Gasteiger partial charge on any atom is -0.454 e. The van der Waals surface area contributed by atoms with Crippen molar-refractivity contribution in [3.8, 4) is 17.5 Å². The van der Waals surface area contributed by atoms with Crippen molar-refractivity contribution < 1.29 is 18.7 Å². The SMILES string of the molecule is N#Cc1ccc(-c2nnc(COC(=O)CN3CCCNC3=O)o2)cc1. The van der Waals surface area contributed by atoms with Crippen molar-refractivity contribution in [1.29, 1.82) is 5.26 Å². The first kappa shape index (κ1) is 16.4. The molecule has 128 valence electrons. The summed E-state index contributed by atoms with van der Waals surface area (Å²) < 4.78 is 10.5. The van der Waals surface area contributed by atoms with Crippen molar-refractivity contribution in [2.24, 2.45) is 0 Å². The molecule has 9 nitrogen and oxygen atoms in total. The van der Waals surface area contributed by atoms with Gasteiger partial charge in [-0.3, -0.25) is 4.79 Å². The highest BCUT2D eigenvalue weighted by atomic mass is 16.5. The van der Waals surface area contributed by atoms with E-state index in [0.29, 0.717) is 24.2 Å². The van der Waals surface area contributed by atoms with Crippen LogP contribution in [0.5, 0.6) is 0 Å². The van der Waals surface area contributed by atoms with Crippen LogP contribution in [0.1, 0.15) is 17.9 Å². The van der Waals surface area contributed by atoms with Gasteiger partial charge in [0.1, 0.15) is 6.54 Å². The number of aromatic nitrogens is 2. The first-order chi connectivity index (χ1) is 12.2. The largest absolute Gasteiger partial charge is 0.454 e. The fourth-order valence-corrected chi connectivity index (χ4v) is 2.29. The summed E-state index contributed by atoms with van der Waals surface area (Å²) >= 11 is 0. The summed E-state index contributed by atoms with van der Waals surface area (Å²) in [6.45, 7) is 0.842. The Morgan fingerprint density at radius 2 is 2.16 bits per heavy atom. The fraction of sp³-hybridized carbons (Fsp3) is 0.312. The molecule has 25 heavy (non-hydrogen) atoms. The Labute approximate surface area is 143 Å². The van der Waals surface area contributed by atoms with Crippen LogP contribution in [0, 0.1) is 11.3 Å². The summed E-state index contributed by atoms with van der Waals surface area (Å²) in [5, 5.41) is 19.1. The van der Waals surface area contributed by atoms with Gasteiger partial charge < -0.3 is 19.4 Å². The van der Waals surface area contributed by atoms with E-state index in [2.05, 4.69) is 15.5 Å². The summed E-state index contributed by atoms with van der Waals surface area (Å²) in [4.78, 5) is 24.8. The Kier molecular flexibility index (Phi) is 4.89. The molecule has 0 aliphatic carbocycles. The third-order valence-corrected chi connectivity index (χ3v) is 3.57. The lowest BCUT2D eigenvalue weighted by Crippen LogP contribution is -2.48. The molecule has 1 aliphatic heterocycles. The zero-order chi connectivity index (χ0) is 17.6. The highest BCUT2D eigenvalue weighted by Crippen LogP contribution is 2.18. The van der Waals surface area contributed by atoms with Crippen LogP contribution in [-0.2, 0) is 16.1 Å². The van der Waals surface area contributed by atoms with Crippen LogP contribution in [0.15, 0.2) is 28.7 Å². The number of rotatable bonds is 5. The predicted molar refractivity (Wildman–Crippen MR) is 83.8 cm³/mol. The Morgan fingerprint density at radius 3 is 2.88 bits per heavy atom. The van der Waals surface area contributed by atoms with Gasteiger partial charge in [0.2, 0.25) is 5.89 Å². The minimum atomic E-state index is -0.546. The van der Waals surface area contributed by atoms with Crippen LogP contribution in [0.4, 0.5) is 4.79 Å². The Morgan fingerprint density at radius 1 is 1.36 bits per heavy atom. The summed E-state index contributed by atoms with van der Waals surface area (Å²) in [6, 6.07) is 8.42. The predicted octanol–water partition coefficient (Wildman–Crippen LogP) is 1.07. The minimum absolute atomic E-state index is 0.123. The molecule has 0 saturated carbocycles. The smallest absolute Gasteiger partial charge is 0.326 e. The van der Waals surface area contributed by atoms with E-state index in [1.54, 1.807) is 24.3 Å². The standard InChI is InChI=1S/C16H15N5O4/c17-8-11-2-4-12(5-3-11)15-20-19-13(25-15)10-24-14(22)9-21-7-1-6-18-16(21)23/h2-5H,1,6-7,9-10H2,(H,18,23). The number of hydrogen-bond acceptors (Lipinski definition) is 7. The van der Waals surface area contributed by atoms with Crippen LogP contribution in [0.2, 0.25) is 0 Å². The van der Waals surface area contributed by atoms with Gasteiger partial charge >= 0.3 is 12.0 Å². The molecule has 1 fully saturated rings. The zero-order valence-electron chi connectivity index (χ0n) is 13.3. The van der Waals surface area contributed by atoms with Crippen LogP contribution >= 0.6 is 0 Å². The number of nitrogens with one attached hydrogen (secondary N) is 1. The first-order valence-corrected chi connectivity index (χ1v) is 7.67. The summed E-state index contributed by atoms with van der Waals surface area (Å²) in [5.41, 5.74) is 1.19. The highest BCUT2D eigenvalue weighted by Gasteiger charge is 2.21. The number of esters is 1. The fourth-order valence-electron chi connectivity index (χ4n) is 2.29. The molecule has 0 atom stereocenters. The average molecular weight is 341 g/mol. The van der Waals surface area contributed by atoms with Gasteiger partial charge in [-0.1, -0.05) is 0 Å². The maximum Gasteiger partial charge on any atom is 0.326 e. The van der Waals surface area contributed by atoms with Gasteiger partial charge in [0.15, 0.2) is 6.61 Å². The lowest BCUT2D eigenvalue weighted by molar-refractivity contribution is -0.146. The van der Waals surface area contributed by atoms with Crippen LogP contribution in [-0.4, -0.2) is 46.7 Å². The molecular weight excluding hydrogens is 326 g/mol. The topological polar surface area (TPSA) is 121 Å².